The lowest BCUT2D eigenvalue weighted by Crippen LogP contribution is -2.42. The zero-order valence-corrected chi connectivity index (χ0v) is 13.5. The predicted octanol–water partition coefficient (Wildman–Crippen LogP) is 2.45. The summed E-state index contributed by atoms with van der Waals surface area (Å²) in [6.45, 7) is 2.69. The molecule has 1 aliphatic rings. The molecule has 0 radical (unpaired) electrons. The summed E-state index contributed by atoms with van der Waals surface area (Å²) in [7, 11) is 0. The summed E-state index contributed by atoms with van der Waals surface area (Å²) in [6, 6.07) is 3.71. The fourth-order valence-electron chi connectivity index (χ4n) is 2.72. The van der Waals surface area contributed by atoms with Crippen LogP contribution in [0.2, 0.25) is 0 Å². The molecule has 0 aliphatic carbocycles. The average molecular weight is 331 g/mol. The highest BCUT2D eigenvalue weighted by Crippen LogP contribution is 2.29. The molecule has 3 heterocycles. The van der Waals surface area contributed by atoms with Crippen LogP contribution < -0.4 is 0 Å². The lowest BCUT2D eigenvalue weighted by molar-refractivity contribution is -0.143. The molecule has 6 nitrogen and oxygen atoms in total. The molecule has 1 atom stereocenters. The normalized spacial score (nSPS) is 18.0. The van der Waals surface area contributed by atoms with E-state index in [0.29, 0.717) is 23.5 Å². The Morgan fingerprint density at radius 3 is 2.78 bits per heavy atom. The molecule has 2 aromatic rings. The van der Waals surface area contributed by atoms with Gasteiger partial charge < -0.3 is 10.0 Å². The number of carboxylic acid groups (broad SMARTS) is 1. The van der Waals surface area contributed by atoms with Crippen LogP contribution in [0.3, 0.4) is 0 Å². The van der Waals surface area contributed by atoms with Crippen LogP contribution in [0.5, 0.6) is 0 Å². The molecular formula is C16H17N3O3S. The number of carbonyl (C=O) groups is 2. The first-order valence-electron chi connectivity index (χ1n) is 7.46. The van der Waals surface area contributed by atoms with Crippen molar-refractivity contribution in [1.82, 2.24) is 14.9 Å². The average Bonchev–Trinajstić information content (AvgIpc) is 2.97. The van der Waals surface area contributed by atoms with Gasteiger partial charge in [-0.2, -0.15) is 0 Å². The number of carboxylic acids is 1. The Kier molecular flexibility index (Phi) is 4.38. The fourth-order valence-corrected chi connectivity index (χ4v) is 3.76. The van der Waals surface area contributed by atoms with Gasteiger partial charge in [0.2, 0.25) is 0 Å². The SMILES string of the molecule is Cc1nc(-c2ccncc2)sc1C(=O)N1CCC[C@H](C(=O)O)C1. The van der Waals surface area contributed by atoms with Gasteiger partial charge in [0.15, 0.2) is 0 Å². The van der Waals surface area contributed by atoms with Gasteiger partial charge in [-0.15, -0.1) is 11.3 Å². The molecule has 2 aromatic heterocycles. The second kappa shape index (κ2) is 6.45. The van der Waals surface area contributed by atoms with Gasteiger partial charge in [-0.1, -0.05) is 0 Å². The van der Waals surface area contributed by atoms with Crippen molar-refractivity contribution < 1.29 is 14.7 Å². The van der Waals surface area contributed by atoms with E-state index in [2.05, 4.69) is 9.97 Å². The fraction of sp³-hybridized carbons (Fsp3) is 0.375. The maximum absolute atomic E-state index is 12.7. The highest BCUT2D eigenvalue weighted by Gasteiger charge is 2.30. The second-order valence-corrected chi connectivity index (χ2v) is 6.60. The third-order valence-electron chi connectivity index (χ3n) is 3.98. The number of amides is 1. The molecule has 0 saturated carbocycles. The van der Waals surface area contributed by atoms with E-state index < -0.39 is 11.9 Å². The lowest BCUT2D eigenvalue weighted by Gasteiger charge is -2.30. The second-order valence-electron chi connectivity index (χ2n) is 5.60. The van der Waals surface area contributed by atoms with E-state index in [0.717, 1.165) is 17.0 Å². The Balaban J connectivity index is 1.83. The van der Waals surface area contributed by atoms with Crippen molar-refractivity contribution in [1.29, 1.82) is 0 Å². The van der Waals surface area contributed by atoms with Gasteiger partial charge in [-0.05, 0) is 31.9 Å². The van der Waals surface area contributed by atoms with Gasteiger partial charge in [0, 0.05) is 31.0 Å². The number of aliphatic carboxylic acids is 1. The minimum absolute atomic E-state index is 0.119. The first-order valence-corrected chi connectivity index (χ1v) is 8.28. The molecule has 0 spiro atoms. The molecule has 1 saturated heterocycles. The highest BCUT2D eigenvalue weighted by atomic mass is 32.1. The zero-order chi connectivity index (χ0) is 16.4. The topological polar surface area (TPSA) is 83.4 Å². The summed E-state index contributed by atoms with van der Waals surface area (Å²) in [5, 5.41) is 9.94. The third-order valence-corrected chi connectivity index (χ3v) is 5.17. The first kappa shape index (κ1) is 15.6. The molecule has 7 heteroatoms. The smallest absolute Gasteiger partial charge is 0.308 e. The number of carbonyl (C=O) groups excluding carboxylic acids is 1. The van der Waals surface area contributed by atoms with E-state index in [-0.39, 0.29) is 12.5 Å². The van der Waals surface area contributed by atoms with Gasteiger partial charge in [-0.25, -0.2) is 4.98 Å². The van der Waals surface area contributed by atoms with Gasteiger partial charge >= 0.3 is 5.97 Å². The largest absolute Gasteiger partial charge is 0.481 e. The predicted molar refractivity (Wildman–Crippen MR) is 86.3 cm³/mol. The van der Waals surface area contributed by atoms with Crippen molar-refractivity contribution in [3.05, 3.63) is 35.1 Å². The van der Waals surface area contributed by atoms with Crippen molar-refractivity contribution >= 4 is 23.2 Å². The summed E-state index contributed by atoms with van der Waals surface area (Å²) in [5.74, 6) is -1.42. The molecule has 1 aliphatic heterocycles. The minimum Gasteiger partial charge on any atom is -0.481 e. The molecule has 120 valence electrons. The Bertz CT molecular complexity index is 729. The Morgan fingerprint density at radius 2 is 2.09 bits per heavy atom. The summed E-state index contributed by atoms with van der Waals surface area (Å²) < 4.78 is 0. The number of nitrogens with zero attached hydrogens (tertiary/aromatic N) is 3. The Hall–Kier alpha value is -2.28. The number of likely N-dealkylation sites (tertiary alicyclic amines) is 1. The van der Waals surface area contributed by atoms with Crippen molar-refractivity contribution in [3.63, 3.8) is 0 Å². The molecule has 1 fully saturated rings. The summed E-state index contributed by atoms with van der Waals surface area (Å²) in [4.78, 5) is 34.6. The van der Waals surface area contributed by atoms with Crippen LogP contribution in [0.25, 0.3) is 10.6 Å². The van der Waals surface area contributed by atoms with Crippen molar-refractivity contribution in [2.24, 2.45) is 5.92 Å². The van der Waals surface area contributed by atoms with E-state index >= 15 is 0 Å². The standard InChI is InChI=1S/C16H17N3O3S/c1-10-13(23-14(18-10)11-4-6-17-7-5-11)15(20)19-8-2-3-12(9-19)16(21)22/h4-7,12H,2-3,8-9H2,1H3,(H,21,22)/t12-/m0/s1. The van der Waals surface area contributed by atoms with E-state index in [1.807, 2.05) is 19.1 Å². The van der Waals surface area contributed by atoms with Crippen molar-refractivity contribution in [2.45, 2.75) is 19.8 Å². The molecule has 0 aromatic carbocycles. The summed E-state index contributed by atoms with van der Waals surface area (Å²) >= 11 is 1.35. The van der Waals surface area contributed by atoms with Crippen LogP contribution in [0.15, 0.2) is 24.5 Å². The number of hydrogen-bond acceptors (Lipinski definition) is 5. The summed E-state index contributed by atoms with van der Waals surface area (Å²) in [5.41, 5.74) is 1.61. The molecule has 1 amide bonds. The molecule has 0 unspecified atom stereocenters. The number of rotatable bonds is 3. The van der Waals surface area contributed by atoms with E-state index in [1.165, 1.54) is 11.3 Å². The maximum Gasteiger partial charge on any atom is 0.308 e. The number of piperidine rings is 1. The van der Waals surface area contributed by atoms with Crippen LogP contribution in [0, 0.1) is 12.8 Å². The zero-order valence-electron chi connectivity index (χ0n) is 12.7. The Morgan fingerprint density at radius 1 is 1.35 bits per heavy atom. The van der Waals surface area contributed by atoms with Crippen LogP contribution in [-0.2, 0) is 4.79 Å². The molecule has 23 heavy (non-hydrogen) atoms. The van der Waals surface area contributed by atoms with Gasteiger partial charge in [-0.3, -0.25) is 14.6 Å². The third kappa shape index (κ3) is 3.24. The van der Waals surface area contributed by atoms with Gasteiger partial charge in [0.1, 0.15) is 9.88 Å². The molecule has 3 rings (SSSR count). The lowest BCUT2D eigenvalue weighted by atomic mass is 9.98. The van der Waals surface area contributed by atoms with Crippen LogP contribution >= 0.6 is 11.3 Å². The van der Waals surface area contributed by atoms with Crippen LogP contribution in [0.4, 0.5) is 0 Å². The number of aryl methyl sites for hydroxylation is 1. The number of thiazole rings is 1. The van der Waals surface area contributed by atoms with Crippen molar-refractivity contribution in [3.8, 4) is 10.6 Å². The van der Waals surface area contributed by atoms with E-state index in [9.17, 15) is 9.59 Å². The highest BCUT2D eigenvalue weighted by molar-refractivity contribution is 7.17. The quantitative estimate of drug-likeness (QED) is 0.934. The van der Waals surface area contributed by atoms with E-state index in [4.69, 9.17) is 5.11 Å². The van der Waals surface area contributed by atoms with Gasteiger partial charge in [0.05, 0.1) is 11.6 Å². The Labute approximate surface area is 137 Å². The maximum atomic E-state index is 12.7. The number of hydrogen-bond donors (Lipinski definition) is 1. The van der Waals surface area contributed by atoms with Crippen LogP contribution in [0.1, 0.15) is 28.2 Å². The van der Waals surface area contributed by atoms with Gasteiger partial charge in [0.25, 0.3) is 5.91 Å². The number of aromatic nitrogens is 2. The molecule has 0 bridgehead atoms. The minimum atomic E-state index is -0.832. The van der Waals surface area contributed by atoms with Crippen molar-refractivity contribution in [2.75, 3.05) is 13.1 Å². The summed E-state index contributed by atoms with van der Waals surface area (Å²) in [6.07, 6.45) is 4.73. The number of pyridine rings is 1. The van der Waals surface area contributed by atoms with E-state index in [1.54, 1.807) is 17.3 Å². The molecular weight excluding hydrogens is 314 g/mol. The monoisotopic (exact) mass is 331 g/mol. The van der Waals surface area contributed by atoms with Crippen LogP contribution in [-0.4, -0.2) is 44.9 Å². The first-order chi connectivity index (χ1) is 11.1. The molecule has 1 N–H and O–H groups in total.